The molecule has 0 aliphatic carbocycles. The molecular formula is C19H26O4. The maximum Gasteiger partial charge on any atom is 0.167 e. The number of hydrogen-bond acceptors (Lipinski definition) is 4. The highest BCUT2D eigenvalue weighted by Crippen LogP contribution is 2.44. The monoisotopic (exact) mass is 318 g/mol. The molecule has 1 aromatic rings. The van der Waals surface area contributed by atoms with E-state index in [1.54, 1.807) is 6.08 Å². The Bertz CT molecular complexity index is 648. The molecule has 126 valence electrons. The Morgan fingerprint density at radius 1 is 1.17 bits per heavy atom. The molecule has 0 radical (unpaired) electrons. The van der Waals surface area contributed by atoms with Gasteiger partial charge in [0.15, 0.2) is 5.78 Å². The van der Waals surface area contributed by atoms with Crippen molar-refractivity contribution in [3.63, 3.8) is 0 Å². The largest absolute Gasteiger partial charge is 0.507 e. The average Bonchev–Trinajstić information content (AvgIpc) is 2.44. The molecule has 0 spiro atoms. The van der Waals surface area contributed by atoms with Gasteiger partial charge in [-0.3, -0.25) is 4.79 Å². The summed E-state index contributed by atoms with van der Waals surface area (Å²) in [5.41, 5.74) is 1.91. The van der Waals surface area contributed by atoms with Crippen molar-refractivity contribution in [2.45, 2.75) is 41.0 Å². The molecule has 0 amide bonds. The van der Waals surface area contributed by atoms with Crippen molar-refractivity contribution < 1.29 is 19.7 Å². The number of carbonyl (C=O) groups excluding carboxylic acids is 1. The van der Waals surface area contributed by atoms with Crippen molar-refractivity contribution >= 4 is 11.9 Å². The molecule has 0 fully saturated rings. The third-order valence-electron chi connectivity index (χ3n) is 3.45. The first kappa shape index (κ1) is 18.8. The summed E-state index contributed by atoms with van der Waals surface area (Å²) in [6.45, 7) is 9.26. The Balaban J connectivity index is 3.72. The minimum Gasteiger partial charge on any atom is -0.507 e. The lowest BCUT2D eigenvalue weighted by molar-refractivity contribution is 0.101. The summed E-state index contributed by atoms with van der Waals surface area (Å²) in [6, 6.07) is 0. The van der Waals surface area contributed by atoms with Crippen molar-refractivity contribution in [2.24, 2.45) is 5.92 Å². The number of hydrogen-bond donors (Lipinski definition) is 2. The zero-order valence-corrected chi connectivity index (χ0v) is 14.7. The average molecular weight is 318 g/mol. The number of phenolic OH excluding ortho intramolecular Hbond substituents is 2. The van der Waals surface area contributed by atoms with Crippen LogP contribution in [0.4, 0.5) is 0 Å². The summed E-state index contributed by atoms with van der Waals surface area (Å²) < 4.78 is 5.30. The van der Waals surface area contributed by atoms with Gasteiger partial charge in [-0.25, -0.2) is 0 Å². The lowest BCUT2D eigenvalue weighted by atomic mass is 9.95. The molecule has 0 heterocycles. The fourth-order valence-electron chi connectivity index (χ4n) is 2.26. The van der Waals surface area contributed by atoms with Crippen LogP contribution in [-0.4, -0.2) is 23.1 Å². The van der Waals surface area contributed by atoms with Crippen LogP contribution in [0.5, 0.6) is 17.2 Å². The van der Waals surface area contributed by atoms with E-state index in [1.807, 2.05) is 39.8 Å². The topological polar surface area (TPSA) is 66.8 Å². The van der Waals surface area contributed by atoms with E-state index >= 15 is 0 Å². The van der Waals surface area contributed by atoms with Gasteiger partial charge < -0.3 is 14.9 Å². The number of benzene rings is 1. The van der Waals surface area contributed by atoms with E-state index < -0.39 is 0 Å². The van der Waals surface area contributed by atoms with Gasteiger partial charge in [0.2, 0.25) is 0 Å². The predicted molar refractivity (Wildman–Crippen MR) is 93.3 cm³/mol. The quantitative estimate of drug-likeness (QED) is 0.599. The number of ketones is 1. The summed E-state index contributed by atoms with van der Waals surface area (Å²) in [5, 5.41) is 21.0. The predicted octanol–water partition coefficient (Wildman–Crippen LogP) is 4.49. The molecule has 23 heavy (non-hydrogen) atoms. The van der Waals surface area contributed by atoms with E-state index in [1.165, 1.54) is 14.0 Å². The molecule has 4 heteroatoms. The van der Waals surface area contributed by atoms with Crippen LogP contribution >= 0.6 is 0 Å². The van der Waals surface area contributed by atoms with Gasteiger partial charge in [-0.2, -0.15) is 0 Å². The summed E-state index contributed by atoms with van der Waals surface area (Å²) in [6.07, 6.45) is 5.87. The normalized spacial score (nSPS) is 11.1. The lowest BCUT2D eigenvalue weighted by Gasteiger charge is -2.17. The van der Waals surface area contributed by atoms with E-state index in [-0.39, 0.29) is 34.5 Å². The van der Waals surface area contributed by atoms with E-state index in [2.05, 4.69) is 0 Å². The SMILES string of the molecule is COc1c(C=CC(C)C)c(O)c(CC=C(C)C)c(O)c1C(C)=O. The second kappa shape index (κ2) is 7.86. The number of methoxy groups -OCH3 is 1. The smallest absolute Gasteiger partial charge is 0.167 e. The Kier molecular flexibility index (Phi) is 6.43. The van der Waals surface area contributed by atoms with Crippen LogP contribution in [0.3, 0.4) is 0 Å². The minimum absolute atomic E-state index is 0.0567. The van der Waals surface area contributed by atoms with Crippen LogP contribution in [0.2, 0.25) is 0 Å². The van der Waals surface area contributed by atoms with Gasteiger partial charge >= 0.3 is 0 Å². The van der Waals surface area contributed by atoms with Gasteiger partial charge in [0.25, 0.3) is 0 Å². The van der Waals surface area contributed by atoms with E-state index in [0.29, 0.717) is 17.5 Å². The number of rotatable bonds is 6. The number of Topliss-reactive ketones (excluding diaryl/α,β-unsaturated/α-hetero) is 1. The van der Waals surface area contributed by atoms with Gasteiger partial charge in [-0.15, -0.1) is 0 Å². The number of aromatic hydroxyl groups is 2. The molecule has 0 aromatic heterocycles. The van der Waals surface area contributed by atoms with Gasteiger partial charge in [-0.1, -0.05) is 37.6 Å². The number of carbonyl (C=O) groups is 1. The van der Waals surface area contributed by atoms with Crippen molar-refractivity contribution in [1.82, 2.24) is 0 Å². The Hall–Kier alpha value is -2.23. The standard InChI is InChI=1S/C19H26O4/c1-11(2)7-9-14-17(21)15(10-8-12(3)4)19(23-6)16(13(5)20)18(14)22/h7-8,10,12,21-22H,9H2,1-6H3. The molecule has 1 rings (SSSR count). The third kappa shape index (κ3) is 4.38. The molecule has 0 aliphatic rings. The summed E-state index contributed by atoms with van der Waals surface area (Å²) in [4.78, 5) is 12.0. The molecule has 0 bridgehead atoms. The van der Waals surface area contributed by atoms with E-state index in [0.717, 1.165) is 5.57 Å². The first-order valence-electron chi connectivity index (χ1n) is 7.67. The third-order valence-corrected chi connectivity index (χ3v) is 3.45. The fourth-order valence-corrected chi connectivity index (χ4v) is 2.26. The Morgan fingerprint density at radius 2 is 1.78 bits per heavy atom. The highest BCUT2D eigenvalue weighted by Gasteiger charge is 2.25. The molecule has 0 saturated carbocycles. The van der Waals surface area contributed by atoms with Gasteiger partial charge in [0, 0.05) is 5.56 Å². The van der Waals surface area contributed by atoms with Crippen LogP contribution in [0, 0.1) is 5.92 Å². The van der Waals surface area contributed by atoms with Crippen LogP contribution in [0.25, 0.3) is 6.08 Å². The fraction of sp³-hybridized carbons (Fsp3) is 0.421. The number of phenols is 2. The highest BCUT2D eigenvalue weighted by molar-refractivity contribution is 6.02. The van der Waals surface area contributed by atoms with E-state index in [9.17, 15) is 15.0 Å². The van der Waals surface area contributed by atoms with Crippen LogP contribution in [-0.2, 0) is 6.42 Å². The Morgan fingerprint density at radius 3 is 2.22 bits per heavy atom. The first-order valence-corrected chi connectivity index (χ1v) is 7.67. The zero-order valence-electron chi connectivity index (χ0n) is 14.7. The van der Waals surface area contributed by atoms with Gasteiger partial charge in [0.05, 0.1) is 12.7 Å². The Labute approximate surface area is 138 Å². The molecule has 0 saturated heterocycles. The molecule has 4 nitrogen and oxygen atoms in total. The van der Waals surface area contributed by atoms with Crippen molar-refractivity contribution in [3.05, 3.63) is 34.4 Å². The molecule has 2 N–H and O–H groups in total. The maximum absolute atomic E-state index is 12.0. The van der Waals surface area contributed by atoms with Gasteiger partial charge in [0.1, 0.15) is 22.8 Å². The summed E-state index contributed by atoms with van der Waals surface area (Å²) in [7, 11) is 1.42. The molecular weight excluding hydrogens is 292 g/mol. The summed E-state index contributed by atoms with van der Waals surface area (Å²) in [5.74, 6) is -0.109. The van der Waals surface area contributed by atoms with Crippen molar-refractivity contribution in [1.29, 1.82) is 0 Å². The molecule has 1 aromatic carbocycles. The van der Waals surface area contributed by atoms with Gasteiger partial charge in [-0.05, 0) is 33.1 Å². The maximum atomic E-state index is 12.0. The highest BCUT2D eigenvalue weighted by atomic mass is 16.5. The molecule has 0 unspecified atom stereocenters. The van der Waals surface area contributed by atoms with Crippen LogP contribution in [0.1, 0.15) is 56.1 Å². The van der Waals surface area contributed by atoms with Crippen LogP contribution in [0.15, 0.2) is 17.7 Å². The lowest BCUT2D eigenvalue weighted by Crippen LogP contribution is -2.04. The second-order valence-electron chi connectivity index (χ2n) is 6.14. The molecule has 0 aliphatic heterocycles. The van der Waals surface area contributed by atoms with Crippen molar-refractivity contribution in [2.75, 3.05) is 7.11 Å². The second-order valence-corrected chi connectivity index (χ2v) is 6.14. The molecule has 0 atom stereocenters. The summed E-state index contributed by atoms with van der Waals surface area (Å²) >= 11 is 0. The number of allylic oxidation sites excluding steroid dienone is 3. The van der Waals surface area contributed by atoms with Crippen molar-refractivity contribution in [3.8, 4) is 17.2 Å². The minimum atomic E-state index is -0.308. The number of ether oxygens (including phenoxy) is 1. The van der Waals surface area contributed by atoms with E-state index in [4.69, 9.17) is 4.74 Å². The van der Waals surface area contributed by atoms with Crippen LogP contribution < -0.4 is 4.74 Å². The first-order chi connectivity index (χ1) is 10.7. The zero-order chi connectivity index (χ0) is 17.7.